The Bertz CT molecular complexity index is 260. The van der Waals surface area contributed by atoms with Crippen molar-refractivity contribution in [3.8, 4) is 0 Å². The molecule has 0 aromatic heterocycles. The maximum atomic E-state index is 4.42. The van der Waals surface area contributed by atoms with Crippen LogP contribution in [0.2, 0.25) is 0 Å². The topological polar surface area (TPSA) is 24.7 Å². The van der Waals surface area contributed by atoms with Gasteiger partial charge in [-0.2, -0.15) is 0 Å². The van der Waals surface area contributed by atoms with Crippen LogP contribution >= 0.6 is 0 Å². The van der Waals surface area contributed by atoms with Crippen LogP contribution in [0, 0.1) is 0 Å². The molecule has 0 aliphatic carbocycles. The fraction of sp³-hybridized carbons (Fsp3) is 0. The molecule has 0 radical (unpaired) electrons. The number of hydrogen-bond acceptors (Lipinski definition) is 2. The monoisotopic (exact) mass is 684 g/mol. The van der Waals surface area contributed by atoms with Gasteiger partial charge in [-0.05, 0) is 0 Å². The zero-order valence-electron chi connectivity index (χ0n) is 6.46. The van der Waals surface area contributed by atoms with Gasteiger partial charge in [-0.3, -0.25) is 0 Å². The molecule has 2 aliphatic heterocycles. The maximum absolute atomic E-state index is 4.42. The Hall–Kier alpha value is 2.05. The van der Waals surface area contributed by atoms with Gasteiger partial charge in [0.05, 0.1) is 0 Å². The first-order valence-corrected chi connectivity index (χ1v) is 14.0. The molecule has 13 heavy (non-hydrogen) atoms. The molecule has 2 heterocycles. The first-order chi connectivity index (χ1) is 5.45. The van der Waals surface area contributed by atoms with E-state index in [9.17, 15) is 0 Å². The van der Waals surface area contributed by atoms with Crippen molar-refractivity contribution >= 4 is 48.7 Å². The second-order valence-electron chi connectivity index (χ2n) is 2.00. The molecule has 68 valence electrons. The van der Waals surface area contributed by atoms with Crippen molar-refractivity contribution in [1.29, 1.82) is 0 Å². The summed E-state index contributed by atoms with van der Waals surface area (Å²) in [5.74, 6) is 0. The third-order valence-corrected chi connectivity index (χ3v) is 20.6. The number of hydrogen-bond donors (Lipinski definition) is 0. The van der Waals surface area contributed by atoms with E-state index < -0.39 is 46.5 Å². The average Bonchev–Trinajstić information content (AvgIpc) is 2.60. The Balaban J connectivity index is 0.000000720. The summed E-state index contributed by atoms with van der Waals surface area (Å²) in [7, 11) is 0. The summed E-state index contributed by atoms with van der Waals surface area (Å²) in [6.07, 6.45) is 4.05. The Kier molecular flexibility index (Phi) is 9.53. The molecule has 0 saturated heterocycles. The third kappa shape index (κ3) is 5.07. The molecular weight excluding hydrogens is 680 g/mol. The number of nitrogens with zero attached hydrogens (tertiary/aromatic N) is 2. The zero-order valence-corrected chi connectivity index (χ0v) is 18.2. The van der Waals surface area contributed by atoms with E-state index >= 15 is 0 Å². The molecular formula is C6H6Bi2Cl2N2Zr. The third-order valence-electron chi connectivity index (χ3n) is 1.23. The first kappa shape index (κ1) is 15.0. The van der Waals surface area contributed by atoms with Crippen molar-refractivity contribution in [1.82, 2.24) is 0 Å². The van der Waals surface area contributed by atoms with Gasteiger partial charge in [0.25, 0.3) is 0 Å². The molecule has 0 atom stereocenters. The van der Waals surface area contributed by atoms with E-state index in [1.165, 1.54) is 0 Å². The van der Waals surface area contributed by atoms with Gasteiger partial charge in [-0.25, -0.2) is 0 Å². The number of rotatable bonds is 2. The zero-order chi connectivity index (χ0) is 7.52. The van der Waals surface area contributed by atoms with Crippen LogP contribution in [-0.2, 0) is 23.2 Å². The van der Waals surface area contributed by atoms with Gasteiger partial charge in [0, 0.05) is 0 Å². The molecule has 0 aromatic carbocycles. The van der Waals surface area contributed by atoms with E-state index in [2.05, 4.69) is 17.6 Å². The average molecular weight is 686 g/mol. The van der Waals surface area contributed by atoms with Crippen LogP contribution in [0.1, 0.15) is 0 Å². The van der Waals surface area contributed by atoms with E-state index in [1.807, 2.05) is 12.4 Å². The van der Waals surface area contributed by atoms with Gasteiger partial charge < -0.3 is 24.8 Å². The first-order valence-electron chi connectivity index (χ1n) is 3.21. The SMILES string of the molecule is C1=[CH][BiH][C]([Zr+2][C]2=NC=[CH][BiH]2)=N1.[Cl-].[Cl-]. The smallest absolute Gasteiger partial charge is 1.00 e. The van der Waals surface area contributed by atoms with Crippen molar-refractivity contribution in [2.24, 2.45) is 9.98 Å². The second kappa shape index (κ2) is 8.23. The van der Waals surface area contributed by atoms with Crippen molar-refractivity contribution in [2.45, 2.75) is 0 Å². The van der Waals surface area contributed by atoms with Crippen molar-refractivity contribution < 1.29 is 48.0 Å². The van der Waals surface area contributed by atoms with Crippen LogP contribution in [0.5, 0.6) is 0 Å². The largest absolute Gasteiger partial charge is 1.00 e. The summed E-state index contributed by atoms with van der Waals surface area (Å²) in [6, 6.07) is 0. The molecule has 0 amide bonds. The Morgan fingerprint density at radius 2 is 1.38 bits per heavy atom. The van der Waals surface area contributed by atoms with Gasteiger partial charge in [-0.1, -0.05) is 0 Å². The second-order valence-corrected chi connectivity index (χ2v) is 23.0. The van der Waals surface area contributed by atoms with Crippen molar-refractivity contribution in [3.63, 3.8) is 0 Å². The fourth-order valence-corrected chi connectivity index (χ4v) is 29.5. The van der Waals surface area contributed by atoms with Crippen LogP contribution < -0.4 is 24.8 Å². The molecule has 7 heteroatoms. The minimum absolute atomic E-state index is 0. The quantitative estimate of drug-likeness (QED) is 0.259. The van der Waals surface area contributed by atoms with E-state index in [4.69, 9.17) is 0 Å². The van der Waals surface area contributed by atoms with Crippen LogP contribution in [0.4, 0.5) is 0 Å². The van der Waals surface area contributed by atoms with Crippen molar-refractivity contribution in [2.75, 3.05) is 0 Å². The van der Waals surface area contributed by atoms with Gasteiger partial charge in [-0.15, -0.1) is 0 Å². The minimum Gasteiger partial charge on any atom is -1.00 e. The summed E-state index contributed by atoms with van der Waals surface area (Å²) < 4.78 is 7.99. The van der Waals surface area contributed by atoms with Gasteiger partial charge in [0.15, 0.2) is 0 Å². The normalized spacial score (nSPS) is 16.9. The van der Waals surface area contributed by atoms with Gasteiger partial charge >= 0.3 is 102 Å². The molecule has 2 nitrogen and oxygen atoms in total. The molecule has 0 N–H and O–H groups in total. The molecule has 0 aromatic rings. The summed E-state index contributed by atoms with van der Waals surface area (Å²) >= 11 is -1.28. The van der Waals surface area contributed by atoms with Crippen LogP contribution in [0.25, 0.3) is 0 Å². The van der Waals surface area contributed by atoms with E-state index in [0.717, 1.165) is 0 Å². The Labute approximate surface area is 124 Å². The van der Waals surface area contributed by atoms with E-state index in [1.54, 1.807) is 2.25 Å². The standard InChI is InChI=1S/2C3H2N.2Bi.2ClH.Zr.2H/c2*1-3-4-2;;;;;;;/h2*1,3H;;;2*1H;;;/q;;;;;;+2;;/p-2. The molecule has 0 spiro atoms. The molecule has 2 aliphatic rings. The summed E-state index contributed by atoms with van der Waals surface area (Å²) in [6.45, 7) is 0. The summed E-state index contributed by atoms with van der Waals surface area (Å²) in [5.41, 5.74) is 0. The van der Waals surface area contributed by atoms with Crippen LogP contribution in [0.3, 0.4) is 0 Å². The predicted octanol–water partition coefficient (Wildman–Crippen LogP) is -6.37. The molecule has 0 unspecified atom stereocenters. The van der Waals surface area contributed by atoms with E-state index in [-0.39, 0.29) is 48.0 Å². The van der Waals surface area contributed by atoms with Crippen molar-refractivity contribution in [3.05, 3.63) is 20.0 Å². The minimum atomic E-state index is -0.460. The Morgan fingerprint density at radius 3 is 1.69 bits per heavy atom. The van der Waals surface area contributed by atoms with Gasteiger partial charge in [0.1, 0.15) is 0 Å². The Morgan fingerprint density at radius 1 is 0.923 bits per heavy atom. The summed E-state index contributed by atoms with van der Waals surface area (Å²) in [4.78, 5) is 8.84. The number of halogens is 2. The fourth-order valence-electron chi connectivity index (χ4n) is 0.779. The molecule has 0 bridgehead atoms. The molecule has 0 saturated carbocycles. The predicted molar refractivity (Wildman–Crippen MR) is 47.4 cm³/mol. The van der Waals surface area contributed by atoms with Crippen LogP contribution in [-0.4, -0.2) is 48.7 Å². The molecule has 0 fully saturated rings. The molecule has 2 rings (SSSR count). The summed E-state index contributed by atoms with van der Waals surface area (Å²) in [5, 5.41) is 0. The number of aliphatic imine (C=N–C) groups is 2. The van der Waals surface area contributed by atoms with Crippen LogP contribution in [0.15, 0.2) is 30.0 Å². The maximum Gasteiger partial charge on any atom is -1.00 e. The van der Waals surface area contributed by atoms with E-state index in [0.29, 0.717) is 0 Å². The van der Waals surface area contributed by atoms with Gasteiger partial charge in [0.2, 0.25) is 0 Å².